The van der Waals surface area contributed by atoms with E-state index in [4.69, 9.17) is 4.74 Å². The van der Waals surface area contributed by atoms with Crippen molar-refractivity contribution in [3.63, 3.8) is 0 Å². The van der Waals surface area contributed by atoms with Gasteiger partial charge in [0.1, 0.15) is 6.10 Å². The van der Waals surface area contributed by atoms with Crippen molar-refractivity contribution in [2.75, 3.05) is 6.61 Å². The fraction of sp³-hybridized carbons (Fsp3) is 0.333. The molecule has 1 nitrogen and oxygen atoms in total. The standard InChI is InChI=1S/C33H38O/c1-5-27-23-32(28-15-7-6-8-16-28)31(20-19-30(27)24(2)3)25(4)12-9-13-26-14-10-17-29(22-26)33-18-11-21-34-33/h6-8,10-11,14-20,22,24,33H,4-5,9,12-13,21,23H2,1-3H3. The van der Waals surface area contributed by atoms with E-state index in [0.717, 1.165) is 32.1 Å². The van der Waals surface area contributed by atoms with Gasteiger partial charge >= 0.3 is 0 Å². The predicted molar refractivity (Wildman–Crippen MR) is 146 cm³/mol. The van der Waals surface area contributed by atoms with E-state index in [-0.39, 0.29) is 6.10 Å². The van der Waals surface area contributed by atoms with Gasteiger partial charge in [-0.15, -0.1) is 0 Å². The van der Waals surface area contributed by atoms with Gasteiger partial charge in [0.15, 0.2) is 0 Å². The van der Waals surface area contributed by atoms with Crippen LogP contribution in [0, 0.1) is 5.92 Å². The molecule has 0 amide bonds. The molecule has 0 bridgehead atoms. The minimum absolute atomic E-state index is 0.111. The lowest BCUT2D eigenvalue weighted by Crippen LogP contribution is -1.99. The summed E-state index contributed by atoms with van der Waals surface area (Å²) in [6, 6.07) is 19.7. The fourth-order valence-electron chi connectivity index (χ4n) is 5.13. The van der Waals surface area contributed by atoms with E-state index in [9.17, 15) is 0 Å². The SMILES string of the molecule is C=C(CCCc1cccc(C2C=CCO2)c1)C1=C(c2ccccc2)CC(CC)=C(C(C)C)C=C1. The van der Waals surface area contributed by atoms with Crippen molar-refractivity contribution in [2.45, 2.75) is 59.0 Å². The first-order valence-corrected chi connectivity index (χ1v) is 12.8. The van der Waals surface area contributed by atoms with E-state index in [1.54, 1.807) is 5.57 Å². The fourth-order valence-corrected chi connectivity index (χ4v) is 5.13. The quantitative estimate of drug-likeness (QED) is 0.346. The maximum Gasteiger partial charge on any atom is 0.101 e. The van der Waals surface area contributed by atoms with Crippen molar-refractivity contribution in [1.82, 2.24) is 0 Å². The van der Waals surface area contributed by atoms with Crippen molar-refractivity contribution in [1.29, 1.82) is 0 Å². The number of aryl methyl sites for hydroxylation is 1. The smallest absolute Gasteiger partial charge is 0.101 e. The molecular weight excluding hydrogens is 412 g/mol. The van der Waals surface area contributed by atoms with Crippen LogP contribution in [0.4, 0.5) is 0 Å². The van der Waals surface area contributed by atoms with E-state index in [0.29, 0.717) is 12.5 Å². The summed E-state index contributed by atoms with van der Waals surface area (Å²) in [6.45, 7) is 12.2. The molecule has 2 aromatic carbocycles. The molecule has 0 radical (unpaired) electrons. The highest BCUT2D eigenvalue weighted by molar-refractivity contribution is 5.78. The second kappa shape index (κ2) is 11.5. The molecule has 0 fully saturated rings. The van der Waals surface area contributed by atoms with Crippen LogP contribution in [-0.2, 0) is 11.2 Å². The molecule has 2 aromatic rings. The van der Waals surface area contributed by atoms with Gasteiger partial charge in [0.2, 0.25) is 0 Å². The van der Waals surface area contributed by atoms with Gasteiger partial charge < -0.3 is 4.74 Å². The van der Waals surface area contributed by atoms with E-state index < -0.39 is 0 Å². The summed E-state index contributed by atoms with van der Waals surface area (Å²) < 4.78 is 5.78. The normalized spacial score (nSPS) is 18.2. The summed E-state index contributed by atoms with van der Waals surface area (Å²) in [5.74, 6) is 0.529. The Morgan fingerprint density at radius 3 is 2.59 bits per heavy atom. The number of rotatable bonds is 9. The first-order chi connectivity index (χ1) is 16.6. The Morgan fingerprint density at radius 1 is 1.06 bits per heavy atom. The molecule has 4 rings (SSSR count). The van der Waals surface area contributed by atoms with E-state index in [1.807, 2.05) is 0 Å². The third-order valence-electron chi connectivity index (χ3n) is 7.01. The van der Waals surface area contributed by atoms with Crippen LogP contribution in [0.3, 0.4) is 0 Å². The lowest BCUT2D eigenvalue weighted by Gasteiger charge is -2.17. The van der Waals surface area contributed by atoms with Gasteiger partial charge in [-0.2, -0.15) is 0 Å². The Kier molecular flexibility index (Phi) is 8.19. The third kappa shape index (κ3) is 5.77. The average molecular weight is 451 g/mol. The monoisotopic (exact) mass is 450 g/mol. The van der Waals surface area contributed by atoms with Crippen molar-refractivity contribution in [3.05, 3.63) is 124 Å². The molecule has 2 aliphatic rings. The summed E-state index contributed by atoms with van der Waals surface area (Å²) in [4.78, 5) is 0. The summed E-state index contributed by atoms with van der Waals surface area (Å²) in [5, 5.41) is 0. The minimum Gasteiger partial charge on any atom is -0.365 e. The van der Waals surface area contributed by atoms with Gasteiger partial charge in [0, 0.05) is 0 Å². The highest BCUT2D eigenvalue weighted by Gasteiger charge is 2.18. The first kappa shape index (κ1) is 24.2. The molecule has 0 N–H and O–H groups in total. The lowest BCUT2D eigenvalue weighted by molar-refractivity contribution is 0.129. The molecule has 1 heteroatoms. The minimum atomic E-state index is 0.111. The highest BCUT2D eigenvalue weighted by atomic mass is 16.5. The molecule has 1 aliphatic carbocycles. The zero-order valence-electron chi connectivity index (χ0n) is 21.0. The zero-order chi connectivity index (χ0) is 23.9. The number of ether oxygens (including phenoxy) is 1. The first-order valence-electron chi connectivity index (χ1n) is 12.8. The maximum atomic E-state index is 5.78. The lowest BCUT2D eigenvalue weighted by atomic mass is 9.87. The van der Waals surface area contributed by atoms with Gasteiger partial charge in [-0.3, -0.25) is 0 Å². The number of allylic oxidation sites excluding steroid dienone is 7. The Bertz CT molecular complexity index is 1120. The van der Waals surface area contributed by atoms with E-state index in [2.05, 4.69) is 106 Å². The number of hydrogen-bond acceptors (Lipinski definition) is 1. The number of benzene rings is 2. The second-order valence-corrected chi connectivity index (χ2v) is 9.72. The highest BCUT2D eigenvalue weighted by Crippen LogP contribution is 2.38. The molecule has 34 heavy (non-hydrogen) atoms. The van der Waals surface area contributed by atoms with Crippen LogP contribution in [0.2, 0.25) is 0 Å². The molecule has 0 saturated heterocycles. The van der Waals surface area contributed by atoms with Crippen LogP contribution in [0.1, 0.15) is 69.2 Å². The van der Waals surface area contributed by atoms with E-state index >= 15 is 0 Å². The molecule has 0 saturated carbocycles. The maximum absolute atomic E-state index is 5.78. The largest absolute Gasteiger partial charge is 0.365 e. The number of hydrogen-bond donors (Lipinski definition) is 0. The van der Waals surface area contributed by atoms with Crippen LogP contribution < -0.4 is 0 Å². The predicted octanol–water partition coefficient (Wildman–Crippen LogP) is 8.97. The molecule has 176 valence electrons. The molecule has 0 spiro atoms. The third-order valence-corrected chi connectivity index (χ3v) is 7.01. The van der Waals surface area contributed by atoms with Crippen molar-refractivity contribution in [3.8, 4) is 0 Å². The summed E-state index contributed by atoms with van der Waals surface area (Å²) in [5.41, 5.74) is 11.0. The topological polar surface area (TPSA) is 9.23 Å². The summed E-state index contributed by atoms with van der Waals surface area (Å²) >= 11 is 0. The van der Waals surface area contributed by atoms with Crippen LogP contribution in [0.15, 0.2) is 108 Å². The Hall–Kier alpha value is -2.90. The molecule has 1 unspecified atom stereocenters. The molecule has 0 aromatic heterocycles. The van der Waals surface area contributed by atoms with Crippen LogP contribution in [0.25, 0.3) is 5.57 Å². The van der Waals surface area contributed by atoms with Gasteiger partial charge in [-0.1, -0.05) is 112 Å². The summed E-state index contributed by atoms with van der Waals surface area (Å²) in [6.07, 6.45) is 14.3. The zero-order valence-corrected chi connectivity index (χ0v) is 21.0. The molecule has 1 heterocycles. The average Bonchev–Trinajstić information content (AvgIpc) is 3.32. The Balaban J connectivity index is 1.52. The van der Waals surface area contributed by atoms with Crippen LogP contribution in [0.5, 0.6) is 0 Å². The Morgan fingerprint density at radius 2 is 1.88 bits per heavy atom. The van der Waals surface area contributed by atoms with Crippen molar-refractivity contribution >= 4 is 5.57 Å². The van der Waals surface area contributed by atoms with Gasteiger partial charge in [0.05, 0.1) is 6.61 Å². The van der Waals surface area contributed by atoms with Crippen LogP contribution >= 0.6 is 0 Å². The van der Waals surface area contributed by atoms with Gasteiger partial charge in [-0.05, 0) is 77.0 Å². The van der Waals surface area contributed by atoms with E-state index in [1.165, 1.54) is 39.0 Å². The molecule has 1 atom stereocenters. The van der Waals surface area contributed by atoms with Gasteiger partial charge in [-0.25, -0.2) is 0 Å². The van der Waals surface area contributed by atoms with Crippen molar-refractivity contribution < 1.29 is 4.74 Å². The summed E-state index contributed by atoms with van der Waals surface area (Å²) in [7, 11) is 0. The van der Waals surface area contributed by atoms with Crippen LogP contribution in [-0.4, -0.2) is 6.61 Å². The van der Waals surface area contributed by atoms with Crippen molar-refractivity contribution in [2.24, 2.45) is 5.92 Å². The Labute approximate surface area is 206 Å². The molecular formula is C33H38O. The molecule has 1 aliphatic heterocycles. The second-order valence-electron chi connectivity index (χ2n) is 9.72. The van der Waals surface area contributed by atoms with Gasteiger partial charge in [0.25, 0.3) is 0 Å².